The van der Waals surface area contributed by atoms with Crippen LogP contribution in [-0.4, -0.2) is 62.2 Å². The molecule has 0 saturated carbocycles. The van der Waals surface area contributed by atoms with E-state index in [1.807, 2.05) is 0 Å². The molecule has 1 atom stereocenters. The quantitative estimate of drug-likeness (QED) is 0.415. The highest BCUT2D eigenvalue weighted by atomic mass is 127. The van der Waals surface area contributed by atoms with E-state index in [9.17, 15) is 0 Å². The van der Waals surface area contributed by atoms with Crippen molar-refractivity contribution in [2.45, 2.75) is 50.4 Å². The van der Waals surface area contributed by atoms with Crippen LogP contribution in [0.1, 0.15) is 38.5 Å². The van der Waals surface area contributed by atoms with Crippen molar-refractivity contribution in [3.63, 3.8) is 0 Å². The summed E-state index contributed by atoms with van der Waals surface area (Å²) < 4.78 is 17.3. The maximum absolute atomic E-state index is 6.13. The van der Waals surface area contributed by atoms with Gasteiger partial charge in [-0.3, -0.25) is 4.99 Å². The molecule has 3 rings (SSSR count). The fourth-order valence-electron chi connectivity index (χ4n) is 3.25. The second-order valence-corrected chi connectivity index (χ2v) is 6.17. The topological polar surface area (TPSA) is 69.3 Å². The molecule has 3 saturated heterocycles. The Balaban J connectivity index is 0.00000176. The van der Waals surface area contributed by atoms with Crippen LogP contribution in [0.3, 0.4) is 0 Å². The zero-order valence-electron chi connectivity index (χ0n) is 13.2. The number of halogens is 1. The van der Waals surface area contributed by atoms with E-state index in [2.05, 4.69) is 9.89 Å². The van der Waals surface area contributed by atoms with E-state index in [0.717, 1.165) is 25.9 Å². The highest BCUT2D eigenvalue weighted by Gasteiger charge is 2.42. The van der Waals surface area contributed by atoms with Crippen molar-refractivity contribution in [2.75, 3.05) is 39.5 Å². The Morgan fingerprint density at radius 3 is 2.50 bits per heavy atom. The van der Waals surface area contributed by atoms with Crippen LogP contribution in [-0.2, 0) is 14.2 Å². The predicted molar refractivity (Wildman–Crippen MR) is 95.6 cm³/mol. The summed E-state index contributed by atoms with van der Waals surface area (Å²) in [6, 6.07) is 0. The van der Waals surface area contributed by atoms with Gasteiger partial charge in [-0.25, -0.2) is 0 Å². The lowest BCUT2D eigenvalue weighted by Gasteiger charge is -2.31. The molecule has 0 radical (unpaired) electrons. The fraction of sp³-hybridized carbons (Fsp3) is 0.933. The first kappa shape index (κ1) is 18.2. The van der Waals surface area contributed by atoms with Crippen LogP contribution in [0.4, 0.5) is 0 Å². The van der Waals surface area contributed by atoms with E-state index in [1.54, 1.807) is 0 Å². The van der Waals surface area contributed by atoms with Crippen molar-refractivity contribution in [1.29, 1.82) is 0 Å². The summed E-state index contributed by atoms with van der Waals surface area (Å²) in [5, 5.41) is 0. The number of nitrogens with zero attached hydrogens (tertiary/aromatic N) is 2. The highest BCUT2D eigenvalue weighted by Crippen LogP contribution is 2.33. The van der Waals surface area contributed by atoms with Gasteiger partial charge in [0.05, 0.1) is 26.4 Å². The first-order valence-corrected chi connectivity index (χ1v) is 8.22. The van der Waals surface area contributed by atoms with Crippen molar-refractivity contribution >= 4 is 29.9 Å². The average Bonchev–Trinajstić information content (AvgIpc) is 2.74. The monoisotopic (exact) mass is 425 g/mol. The van der Waals surface area contributed by atoms with Gasteiger partial charge in [0.25, 0.3) is 0 Å². The van der Waals surface area contributed by atoms with E-state index in [0.29, 0.717) is 32.3 Å². The number of aliphatic imine (C=N–C) groups is 1. The molecule has 0 aromatic heterocycles. The van der Waals surface area contributed by atoms with Crippen molar-refractivity contribution < 1.29 is 14.2 Å². The lowest BCUT2D eigenvalue weighted by atomic mass is 10.1. The molecule has 128 valence electrons. The Hall–Kier alpha value is -0.120. The van der Waals surface area contributed by atoms with Crippen LogP contribution in [0.2, 0.25) is 0 Å². The lowest BCUT2D eigenvalue weighted by Crippen LogP contribution is -2.39. The fourth-order valence-corrected chi connectivity index (χ4v) is 3.25. The van der Waals surface area contributed by atoms with Gasteiger partial charge in [-0.05, 0) is 12.8 Å². The van der Waals surface area contributed by atoms with Gasteiger partial charge in [0.2, 0.25) is 0 Å². The normalized spacial score (nSPS) is 29.2. The van der Waals surface area contributed by atoms with Gasteiger partial charge in [-0.2, -0.15) is 0 Å². The van der Waals surface area contributed by atoms with Gasteiger partial charge in [0.1, 0.15) is 6.10 Å². The van der Waals surface area contributed by atoms with Gasteiger partial charge in [0, 0.05) is 25.9 Å². The van der Waals surface area contributed by atoms with Crippen molar-refractivity contribution in [1.82, 2.24) is 4.90 Å². The molecule has 0 amide bonds. The van der Waals surface area contributed by atoms with Crippen LogP contribution in [0, 0.1) is 0 Å². The number of likely N-dealkylation sites (tertiary alicyclic amines) is 1. The van der Waals surface area contributed by atoms with Gasteiger partial charge in [-0.1, -0.05) is 12.8 Å². The molecule has 3 fully saturated rings. The molecular weight excluding hydrogens is 397 g/mol. The summed E-state index contributed by atoms with van der Waals surface area (Å²) in [5.74, 6) is 0.240. The Bertz CT molecular complexity index is 367. The van der Waals surface area contributed by atoms with Gasteiger partial charge in [0.15, 0.2) is 11.7 Å². The van der Waals surface area contributed by atoms with Gasteiger partial charge in [-0.15, -0.1) is 24.0 Å². The smallest absolute Gasteiger partial charge is 0.191 e. The van der Waals surface area contributed by atoms with E-state index in [-0.39, 0.29) is 30.1 Å². The highest BCUT2D eigenvalue weighted by molar-refractivity contribution is 14.0. The van der Waals surface area contributed by atoms with Crippen LogP contribution >= 0.6 is 24.0 Å². The summed E-state index contributed by atoms with van der Waals surface area (Å²) in [4.78, 5) is 6.74. The first-order chi connectivity index (χ1) is 10.3. The zero-order valence-corrected chi connectivity index (χ0v) is 15.5. The van der Waals surface area contributed by atoms with Gasteiger partial charge >= 0.3 is 0 Å². The molecule has 3 aliphatic heterocycles. The minimum absolute atomic E-state index is 0. The van der Waals surface area contributed by atoms with E-state index >= 15 is 0 Å². The Labute approximate surface area is 149 Å². The molecule has 6 nitrogen and oxygen atoms in total. The van der Waals surface area contributed by atoms with E-state index < -0.39 is 5.79 Å². The second kappa shape index (κ2) is 8.65. The summed E-state index contributed by atoms with van der Waals surface area (Å²) in [5.41, 5.74) is 6.13. The number of rotatable bonds is 2. The average molecular weight is 425 g/mol. The molecule has 2 N–H and O–H groups in total. The third kappa shape index (κ3) is 4.69. The third-order valence-corrected chi connectivity index (χ3v) is 4.56. The van der Waals surface area contributed by atoms with Crippen molar-refractivity contribution in [2.24, 2.45) is 10.7 Å². The lowest BCUT2D eigenvalue weighted by molar-refractivity contribution is -0.210. The number of hydrogen-bond acceptors (Lipinski definition) is 4. The molecule has 0 aromatic carbocycles. The van der Waals surface area contributed by atoms with E-state index in [4.69, 9.17) is 19.9 Å². The number of ether oxygens (including phenoxy) is 3. The van der Waals surface area contributed by atoms with Crippen LogP contribution in [0.25, 0.3) is 0 Å². The Morgan fingerprint density at radius 2 is 1.82 bits per heavy atom. The molecule has 7 heteroatoms. The summed E-state index contributed by atoms with van der Waals surface area (Å²) in [6.45, 7) is 4.68. The molecule has 1 unspecified atom stereocenters. The molecule has 3 aliphatic rings. The number of guanidine groups is 1. The minimum Gasteiger partial charge on any atom is -0.381 e. The van der Waals surface area contributed by atoms with Crippen molar-refractivity contribution in [3.8, 4) is 0 Å². The maximum Gasteiger partial charge on any atom is 0.191 e. The predicted octanol–water partition coefficient (Wildman–Crippen LogP) is 1.72. The SMILES string of the molecule is I.NC(=NCC1COC2(CCOCC2)O1)N1CCCCCC1. The van der Waals surface area contributed by atoms with Crippen LogP contribution in [0.15, 0.2) is 4.99 Å². The largest absolute Gasteiger partial charge is 0.381 e. The Kier molecular flexibility index (Phi) is 7.17. The minimum atomic E-state index is -0.421. The molecule has 3 heterocycles. The standard InChI is InChI=1S/C15H27N3O3.HI/c16-14(18-7-3-1-2-4-8-18)17-11-13-12-20-15(21-13)5-9-19-10-6-15;/h13H,1-12H2,(H2,16,17);1H. The number of nitrogens with two attached hydrogens (primary N) is 1. The molecule has 22 heavy (non-hydrogen) atoms. The second-order valence-electron chi connectivity index (χ2n) is 6.17. The molecule has 0 aromatic rings. The first-order valence-electron chi connectivity index (χ1n) is 8.22. The molecule has 0 aliphatic carbocycles. The maximum atomic E-state index is 6.13. The van der Waals surface area contributed by atoms with Crippen LogP contribution in [0.5, 0.6) is 0 Å². The third-order valence-electron chi connectivity index (χ3n) is 4.56. The summed E-state index contributed by atoms with van der Waals surface area (Å²) in [6.07, 6.45) is 6.67. The van der Waals surface area contributed by atoms with E-state index in [1.165, 1.54) is 25.7 Å². The van der Waals surface area contributed by atoms with Gasteiger partial charge < -0.3 is 24.8 Å². The Morgan fingerprint density at radius 1 is 1.14 bits per heavy atom. The summed E-state index contributed by atoms with van der Waals surface area (Å²) in [7, 11) is 0. The summed E-state index contributed by atoms with van der Waals surface area (Å²) >= 11 is 0. The molecule has 1 spiro atoms. The zero-order chi connectivity index (χ0) is 14.5. The van der Waals surface area contributed by atoms with Crippen molar-refractivity contribution in [3.05, 3.63) is 0 Å². The molecular formula is C15H28IN3O3. The number of hydrogen-bond donors (Lipinski definition) is 1. The molecule has 0 bridgehead atoms. The van der Waals surface area contributed by atoms with Crippen LogP contribution < -0.4 is 5.73 Å².